The van der Waals surface area contributed by atoms with Crippen molar-refractivity contribution in [1.82, 2.24) is 14.9 Å². The fourth-order valence-corrected chi connectivity index (χ4v) is 6.36. The average molecular weight is 608 g/mol. The number of hydrogen-bond acceptors (Lipinski definition) is 9. The maximum absolute atomic E-state index is 14.0. The highest BCUT2D eigenvalue weighted by molar-refractivity contribution is 7.53. The number of alkyl halides is 3. The predicted molar refractivity (Wildman–Crippen MR) is 153 cm³/mol. The van der Waals surface area contributed by atoms with Crippen LogP contribution in [-0.2, 0) is 31.5 Å². The summed E-state index contributed by atoms with van der Waals surface area (Å²) in [5, 5.41) is 5.62. The van der Waals surface area contributed by atoms with E-state index >= 15 is 0 Å². The molecule has 42 heavy (non-hydrogen) atoms. The SMILES string of the molecule is CCOP(=O)(Cc1ccc(Nc2ncc(C(F)(F)F)c(Nc3cccc4c3C(=O)N(C)C4(C)C)n2)c(OC)c1)OCC. The molecule has 2 heterocycles. The maximum atomic E-state index is 14.0. The van der Waals surface area contributed by atoms with Gasteiger partial charge in [0, 0.05) is 13.2 Å². The van der Waals surface area contributed by atoms with E-state index in [0.717, 1.165) is 0 Å². The number of amides is 1. The first kappa shape index (κ1) is 31.3. The lowest BCUT2D eigenvalue weighted by Crippen LogP contribution is -2.35. The molecular weight excluding hydrogens is 574 g/mol. The zero-order valence-corrected chi connectivity index (χ0v) is 25.0. The fraction of sp³-hybridized carbons (Fsp3) is 0.393. The molecule has 2 aromatic carbocycles. The second-order valence-corrected chi connectivity index (χ2v) is 12.0. The summed E-state index contributed by atoms with van der Waals surface area (Å²) in [5.74, 6) is -0.690. The van der Waals surface area contributed by atoms with Crippen molar-refractivity contribution in [2.24, 2.45) is 0 Å². The number of aromatic nitrogens is 2. The third-order valence-electron chi connectivity index (χ3n) is 6.97. The molecule has 0 saturated heterocycles. The van der Waals surface area contributed by atoms with Crippen molar-refractivity contribution < 1.29 is 36.3 Å². The average Bonchev–Trinajstić information content (AvgIpc) is 3.09. The molecule has 0 aliphatic carbocycles. The molecule has 0 atom stereocenters. The van der Waals surface area contributed by atoms with Crippen LogP contribution in [-0.4, -0.2) is 48.1 Å². The van der Waals surface area contributed by atoms with Gasteiger partial charge in [-0.1, -0.05) is 18.2 Å². The lowest BCUT2D eigenvalue weighted by atomic mass is 9.93. The summed E-state index contributed by atoms with van der Waals surface area (Å²) in [7, 11) is -0.318. The molecule has 1 aliphatic heterocycles. The molecule has 0 saturated carbocycles. The molecule has 10 nitrogen and oxygen atoms in total. The Bertz CT molecular complexity index is 1520. The van der Waals surface area contributed by atoms with Crippen LogP contribution in [0.5, 0.6) is 5.75 Å². The fourth-order valence-electron chi connectivity index (χ4n) is 4.67. The van der Waals surface area contributed by atoms with Gasteiger partial charge >= 0.3 is 13.8 Å². The molecule has 1 amide bonds. The van der Waals surface area contributed by atoms with Crippen LogP contribution in [0.4, 0.5) is 36.3 Å². The number of rotatable bonds is 11. The van der Waals surface area contributed by atoms with Crippen LogP contribution in [0, 0.1) is 0 Å². The molecule has 226 valence electrons. The summed E-state index contributed by atoms with van der Waals surface area (Å²) in [6.45, 7) is 7.58. The number of carbonyl (C=O) groups excluding carboxylic acids is 1. The van der Waals surface area contributed by atoms with Gasteiger partial charge in [0.05, 0.1) is 49.0 Å². The van der Waals surface area contributed by atoms with E-state index in [2.05, 4.69) is 20.6 Å². The summed E-state index contributed by atoms with van der Waals surface area (Å²) >= 11 is 0. The van der Waals surface area contributed by atoms with Gasteiger partial charge in [0.15, 0.2) is 0 Å². The quantitative estimate of drug-likeness (QED) is 0.221. The molecule has 1 aromatic heterocycles. The third kappa shape index (κ3) is 6.23. The van der Waals surface area contributed by atoms with Crippen molar-refractivity contribution >= 4 is 36.6 Å². The minimum atomic E-state index is -4.77. The maximum Gasteiger partial charge on any atom is 0.421 e. The van der Waals surface area contributed by atoms with Gasteiger partial charge in [0.1, 0.15) is 17.1 Å². The first-order valence-electron chi connectivity index (χ1n) is 13.2. The van der Waals surface area contributed by atoms with Crippen molar-refractivity contribution in [2.75, 3.05) is 38.0 Å². The topological polar surface area (TPSA) is 115 Å². The molecule has 4 rings (SSSR count). The lowest BCUT2D eigenvalue weighted by molar-refractivity contribution is -0.137. The van der Waals surface area contributed by atoms with Crippen molar-refractivity contribution in [3.63, 3.8) is 0 Å². The Labute approximate surface area is 242 Å². The zero-order valence-electron chi connectivity index (χ0n) is 24.1. The van der Waals surface area contributed by atoms with Crippen LogP contribution in [0.3, 0.4) is 0 Å². The summed E-state index contributed by atoms with van der Waals surface area (Å²) in [6, 6.07) is 9.86. The number of anilines is 4. The normalized spacial score (nSPS) is 14.6. The number of hydrogen-bond donors (Lipinski definition) is 2. The number of nitrogens with one attached hydrogen (secondary N) is 2. The van der Waals surface area contributed by atoms with Crippen LogP contribution >= 0.6 is 7.60 Å². The Hall–Kier alpha value is -3.67. The van der Waals surface area contributed by atoms with Crippen LogP contribution in [0.25, 0.3) is 0 Å². The monoisotopic (exact) mass is 607 g/mol. The molecule has 3 aromatic rings. The minimum absolute atomic E-state index is 0.00226. The second-order valence-electron chi connectivity index (χ2n) is 9.99. The van der Waals surface area contributed by atoms with Gasteiger partial charge in [0.25, 0.3) is 5.91 Å². The molecular formula is C28H33F3N5O5P. The van der Waals surface area contributed by atoms with E-state index in [9.17, 15) is 22.5 Å². The summed E-state index contributed by atoms with van der Waals surface area (Å²) in [4.78, 5) is 22.6. The van der Waals surface area contributed by atoms with Gasteiger partial charge in [-0.3, -0.25) is 9.36 Å². The second kappa shape index (κ2) is 11.9. The minimum Gasteiger partial charge on any atom is -0.495 e. The smallest absolute Gasteiger partial charge is 0.421 e. The summed E-state index contributed by atoms with van der Waals surface area (Å²) in [6.07, 6.45) is -4.10. The number of carbonyl (C=O) groups is 1. The molecule has 0 unspecified atom stereocenters. The number of methoxy groups -OCH3 is 1. The van der Waals surface area contributed by atoms with E-state index in [4.69, 9.17) is 13.8 Å². The molecule has 0 fully saturated rings. The summed E-state index contributed by atoms with van der Waals surface area (Å²) in [5.41, 5.74) is 0.372. The van der Waals surface area contributed by atoms with Crippen LogP contribution in [0.15, 0.2) is 42.6 Å². The number of nitrogens with zero attached hydrogens (tertiary/aromatic N) is 3. The highest BCUT2D eigenvalue weighted by Gasteiger charge is 2.42. The predicted octanol–water partition coefficient (Wildman–Crippen LogP) is 7.08. The Morgan fingerprint density at radius 3 is 2.36 bits per heavy atom. The van der Waals surface area contributed by atoms with Gasteiger partial charge < -0.3 is 29.3 Å². The molecule has 0 radical (unpaired) electrons. The molecule has 0 spiro atoms. The summed E-state index contributed by atoms with van der Waals surface area (Å²) < 4.78 is 71.1. The number of benzene rings is 2. The van der Waals surface area contributed by atoms with Gasteiger partial charge in [-0.25, -0.2) is 4.98 Å². The van der Waals surface area contributed by atoms with Crippen LogP contribution < -0.4 is 15.4 Å². The van der Waals surface area contributed by atoms with E-state index in [1.165, 1.54) is 18.1 Å². The standard InChI is InChI=1S/C28H33F3N5O5P/c1-7-40-42(38,41-8-2)16-17-12-13-20(22(14-17)39-6)34-26-32-15-19(28(29,30)31)24(35-26)33-21-11-9-10-18-23(21)25(37)36(5)27(18,3)4/h9-15H,7-8,16H2,1-6H3,(H2,32,33,34,35). The Morgan fingerprint density at radius 2 is 1.74 bits per heavy atom. The first-order valence-corrected chi connectivity index (χ1v) is 14.9. The third-order valence-corrected chi connectivity index (χ3v) is 9.02. The van der Waals surface area contributed by atoms with Crippen molar-refractivity contribution in [2.45, 2.75) is 45.6 Å². The van der Waals surface area contributed by atoms with Crippen LogP contribution in [0.2, 0.25) is 0 Å². The Kier molecular flexibility index (Phi) is 8.86. The number of fused-ring (bicyclic) bond motifs is 1. The molecule has 2 N–H and O–H groups in total. The number of halogens is 3. The van der Waals surface area contributed by atoms with E-state index in [1.807, 2.05) is 13.8 Å². The van der Waals surface area contributed by atoms with E-state index < -0.39 is 30.7 Å². The molecule has 1 aliphatic rings. The zero-order chi connectivity index (χ0) is 30.9. The highest BCUT2D eigenvalue weighted by atomic mass is 31.2. The van der Waals surface area contributed by atoms with Gasteiger partial charge in [-0.2, -0.15) is 18.2 Å². The number of ether oxygens (including phenoxy) is 1. The van der Waals surface area contributed by atoms with Crippen molar-refractivity contribution in [1.29, 1.82) is 0 Å². The van der Waals surface area contributed by atoms with Gasteiger partial charge in [-0.15, -0.1) is 0 Å². The van der Waals surface area contributed by atoms with Crippen LogP contribution in [0.1, 0.15) is 54.7 Å². The first-order chi connectivity index (χ1) is 19.7. The molecule has 0 bridgehead atoms. The van der Waals surface area contributed by atoms with Gasteiger partial charge in [-0.05, 0) is 57.0 Å². The van der Waals surface area contributed by atoms with E-state index in [0.29, 0.717) is 28.8 Å². The Balaban J connectivity index is 1.68. The highest BCUT2D eigenvalue weighted by Crippen LogP contribution is 2.52. The van der Waals surface area contributed by atoms with E-state index in [1.54, 1.807) is 51.2 Å². The van der Waals surface area contributed by atoms with Crippen molar-refractivity contribution in [3.05, 3.63) is 64.8 Å². The van der Waals surface area contributed by atoms with E-state index in [-0.39, 0.29) is 42.5 Å². The largest absolute Gasteiger partial charge is 0.495 e. The van der Waals surface area contributed by atoms with Gasteiger partial charge in [0.2, 0.25) is 5.95 Å². The lowest BCUT2D eigenvalue weighted by Gasteiger charge is -2.28. The van der Waals surface area contributed by atoms with Crippen molar-refractivity contribution in [3.8, 4) is 5.75 Å². The Morgan fingerprint density at radius 1 is 1.05 bits per heavy atom. The molecule has 14 heteroatoms.